The fraction of sp³-hybridized carbons (Fsp3) is 0.462. The standard InChI is InChI=1S/C13H16ClFN2O/c1-8-10(14)4-2-9-3-5-11(12(8)9)17-13(18)16-7-6-15/h2,4,11H,3,5-7H2,1H3,(H2,16,17,18). The van der Waals surface area contributed by atoms with Gasteiger partial charge < -0.3 is 10.6 Å². The molecule has 1 aromatic rings. The van der Waals surface area contributed by atoms with E-state index < -0.39 is 6.67 Å². The Hall–Kier alpha value is -1.29. The zero-order valence-corrected chi connectivity index (χ0v) is 11.0. The zero-order valence-electron chi connectivity index (χ0n) is 10.2. The average molecular weight is 271 g/mol. The molecule has 1 unspecified atom stereocenters. The Bertz CT molecular complexity index is 465. The summed E-state index contributed by atoms with van der Waals surface area (Å²) in [6.45, 7) is 1.44. The lowest BCUT2D eigenvalue weighted by Gasteiger charge is -2.17. The first-order valence-corrected chi connectivity index (χ1v) is 6.39. The number of rotatable bonds is 3. The van der Waals surface area contributed by atoms with Crippen molar-refractivity contribution in [1.29, 1.82) is 0 Å². The molecule has 0 heterocycles. The number of carbonyl (C=O) groups is 1. The predicted octanol–water partition coefficient (Wildman–Crippen LogP) is 2.90. The number of nitrogens with one attached hydrogen (secondary N) is 2. The normalized spacial score (nSPS) is 17.4. The van der Waals surface area contributed by atoms with E-state index in [1.165, 1.54) is 5.56 Å². The maximum Gasteiger partial charge on any atom is 0.315 e. The molecule has 2 rings (SSSR count). The second-order valence-corrected chi connectivity index (χ2v) is 4.83. The van der Waals surface area contributed by atoms with Crippen molar-refractivity contribution in [3.63, 3.8) is 0 Å². The van der Waals surface area contributed by atoms with Crippen LogP contribution in [-0.2, 0) is 6.42 Å². The maximum atomic E-state index is 12.0. The van der Waals surface area contributed by atoms with Gasteiger partial charge in [0.05, 0.1) is 6.04 Å². The summed E-state index contributed by atoms with van der Waals surface area (Å²) in [7, 11) is 0. The molecule has 18 heavy (non-hydrogen) atoms. The van der Waals surface area contributed by atoms with Gasteiger partial charge in [0, 0.05) is 11.6 Å². The highest BCUT2D eigenvalue weighted by Gasteiger charge is 2.26. The van der Waals surface area contributed by atoms with E-state index in [0.717, 1.165) is 24.0 Å². The summed E-state index contributed by atoms with van der Waals surface area (Å²) in [5, 5.41) is 6.04. The van der Waals surface area contributed by atoms with Crippen LogP contribution in [0.2, 0.25) is 5.02 Å². The van der Waals surface area contributed by atoms with Gasteiger partial charge in [-0.3, -0.25) is 0 Å². The summed E-state index contributed by atoms with van der Waals surface area (Å²) in [4.78, 5) is 11.5. The van der Waals surface area contributed by atoms with Gasteiger partial charge in [-0.1, -0.05) is 17.7 Å². The molecule has 0 fully saturated rings. The minimum atomic E-state index is -0.556. The molecule has 0 bridgehead atoms. The minimum Gasteiger partial charge on any atom is -0.336 e. The highest BCUT2D eigenvalue weighted by molar-refractivity contribution is 6.31. The number of hydrogen-bond donors (Lipinski definition) is 2. The summed E-state index contributed by atoms with van der Waals surface area (Å²) < 4.78 is 12.0. The third kappa shape index (κ3) is 2.58. The Morgan fingerprint density at radius 3 is 3.06 bits per heavy atom. The van der Waals surface area contributed by atoms with E-state index in [1.807, 2.05) is 19.1 Å². The number of hydrogen-bond acceptors (Lipinski definition) is 1. The van der Waals surface area contributed by atoms with Gasteiger partial charge in [-0.15, -0.1) is 0 Å². The number of aryl methyl sites for hydroxylation is 1. The third-order valence-corrected chi connectivity index (χ3v) is 3.68. The largest absolute Gasteiger partial charge is 0.336 e. The Labute approximate surface area is 111 Å². The van der Waals surface area contributed by atoms with Crippen LogP contribution >= 0.6 is 11.6 Å². The number of carbonyl (C=O) groups excluding carboxylic acids is 1. The molecule has 98 valence electrons. The molecule has 1 aliphatic carbocycles. The van der Waals surface area contributed by atoms with E-state index in [1.54, 1.807) is 0 Å². The molecule has 1 aliphatic rings. The lowest BCUT2D eigenvalue weighted by atomic mass is 10.0. The zero-order chi connectivity index (χ0) is 13.1. The van der Waals surface area contributed by atoms with Gasteiger partial charge in [0.2, 0.25) is 0 Å². The lowest BCUT2D eigenvalue weighted by molar-refractivity contribution is 0.236. The average Bonchev–Trinajstić information content (AvgIpc) is 2.75. The third-order valence-electron chi connectivity index (χ3n) is 3.28. The summed E-state index contributed by atoms with van der Waals surface area (Å²) in [5.74, 6) is 0. The van der Waals surface area contributed by atoms with Gasteiger partial charge in [0.25, 0.3) is 0 Å². The number of amides is 2. The molecular formula is C13H16ClFN2O. The monoisotopic (exact) mass is 270 g/mol. The van der Waals surface area contributed by atoms with Crippen molar-refractivity contribution in [2.45, 2.75) is 25.8 Å². The Morgan fingerprint density at radius 2 is 2.33 bits per heavy atom. The summed E-state index contributed by atoms with van der Waals surface area (Å²) in [6, 6.07) is 3.54. The molecule has 0 aliphatic heterocycles. The van der Waals surface area contributed by atoms with Gasteiger partial charge in [0.1, 0.15) is 6.67 Å². The molecule has 1 aromatic carbocycles. The number of benzene rings is 1. The molecule has 2 amide bonds. The van der Waals surface area contributed by atoms with Crippen molar-refractivity contribution >= 4 is 17.6 Å². The van der Waals surface area contributed by atoms with E-state index in [9.17, 15) is 9.18 Å². The fourth-order valence-electron chi connectivity index (χ4n) is 2.42. The summed E-state index contributed by atoms with van der Waals surface area (Å²) in [6.07, 6.45) is 1.79. The Kier molecular flexibility index (Phi) is 4.07. The van der Waals surface area contributed by atoms with Crippen molar-refractivity contribution in [2.75, 3.05) is 13.2 Å². The first-order valence-electron chi connectivity index (χ1n) is 6.01. The topological polar surface area (TPSA) is 41.1 Å². The van der Waals surface area contributed by atoms with Gasteiger partial charge in [-0.2, -0.15) is 0 Å². The number of alkyl halides is 1. The van der Waals surface area contributed by atoms with Gasteiger partial charge in [-0.25, -0.2) is 9.18 Å². The van der Waals surface area contributed by atoms with Crippen LogP contribution in [0.15, 0.2) is 12.1 Å². The predicted molar refractivity (Wildman–Crippen MR) is 69.8 cm³/mol. The van der Waals surface area contributed by atoms with Crippen molar-refractivity contribution in [3.05, 3.63) is 33.8 Å². The van der Waals surface area contributed by atoms with Crippen LogP contribution in [0.25, 0.3) is 0 Å². The number of urea groups is 1. The number of fused-ring (bicyclic) bond motifs is 1. The van der Waals surface area contributed by atoms with Crippen LogP contribution in [0.1, 0.15) is 29.2 Å². The molecule has 2 N–H and O–H groups in total. The smallest absolute Gasteiger partial charge is 0.315 e. The molecule has 0 saturated carbocycles. The van der Waals surface area contributed by atoms with Crippen LogP contribution in [0.3, 0.4) is 0 Å². The molecule has 0 radical (unpaired) electrons. The number of halogens is 2. The highest BCUT2D eigenvalue weighted by Crippen LogP contribution is 2.36. The lowest BCUT2D eigenvalue weighted by Crippen LogP contribution is -2.38. The van der Waals surface area contributed by atoms with Crippen molar-refractivity contribution in [2.24, 2.45) is 0 Å². The van der Waals surface area contributed by atoms with E-state index in [4.69, 9.17) is 11.6 Å². The molecule has 0 saturated heterocycles. The van der Waals surface area contributed by atoms with E-state index in [2.05, 4.69) is 10.6 Å². The molecular weight excluding hydrogens is 255 g/mol. The van der Waals surface area contributed by atoms with Crippen molar-refractivity contribution in [3.8, 4) is 0 Å². The van der Waals surface area contributed by atoms with E-state index >= 15 is 0 Å². The second-order valence-electron chi connectivity index (χ2n) is 4.43. The highest BCUT2D eigenvalue weighted by atomic mass is 35.5. The van der Waals surface area contributed by atoms with Crippen LogP contribution in [0.5, 0.6) is 0 Å². The maximum absolute atomic E-state index is 12.0. The Balaban J connectivity index is 2.11. The molecule has 1 atom stereocenters. The van der Waals surface area contributed by atoms with Crippen LogP contribution in [-0.4, -0.2) is 19.3 Å². The first-order chi connectivity index (χ1) is 8.63. The minimum absolute atomic E-state index is 0.0293. The van der Waals surface area contributed by atoms with Crippen LogP contribution in [0, 0.1) is 6.92 Å². The Morgan fingerprint density at radius 1 is 1.56 bits per heavy atom. The fourth-order valence-corrected chi connectivity index (χ4v) is 2.58. The van der Waals surface area contributed by atoms with Gasteiger partial charge in [0.15, 0.2) is 0 Å². The van der Waals surface area contributed by atoms with Crippen LogP contribution in [0.4, 0.5) is 9.18 Å². The molecule has 5 heteroatoms. The quantitative estimate of drug-likeness (QED) is 0.871. The van der Waals surface area contributed by atoms with Crippen molar-refractivity contribution in [1.82, 2.24) is 10.6 Å². The van der Waals surface area contributed by atoms with E-state index in [0.29, 0.717) is 5.02 Å². The van der Waals surface area contributed by atoms with Gasteiger partial charge >= 0.3 is 6.03 Å². The SMILES string of the molecule is Cc1c(Cl)ccc2c1C(NC(=O)NCCF)CC2. The molecule has 3 nitrogen and oxygen atoms in total. The second kappa shape index (κ2) is 5.57. The molecule has 0 aromatic heterocycles. The van der Waals surface area contributed by atoms with E-state index in [-0.39, 0.29) is 18.6 Å². The molecule has 0 spiro atoms. The van der Waals surface area contributed by atoms with Crippen LogP contribution < -0.4 is 10.6 Å². The first kappa shape index (κ1) is 13.1. The summed E-state index contributed by atoms with van der Waals surface area (Å²) in [5.41, 5.74) is 3.35. The van der Waals surface area contributed by atoms with Gasteiger partial charge in [-0.05, 0) is 42.5 Å². The summed E-state index contributed by atoms with van der Waals surface area (Å²) >= 11 is 6.10. The van der Waals surface area contributed by atoms with Crippen molar-refractivity contribution < 1.29 is 9.18 Å².